The highest BCUT2D eigenvalue weighted by Gasteiger charge is 2.09. The summed E-state index contributed by atoms with van der Waals surface area (Å²) in [5.41, 5.74) is 4.65. The second-order valence-electron chi connectivity index (χ2n) is 2.85. The van der Waals surface area contributed by atoms with Gasteiger partial charge in [-0.15, -0.1) is 0 Å². The highest BCUT2D eigenvalue weighted by molar-refractivity contribution is 5.36. The predicted octanol–water partition coefficient (Wildman–Crippen LogP) is -0.840. The molecule has 4 nitrogen and oxygen atoms in total. The molecule has 4 heteroatoms. The summed E-state index contributed by atoms with van der Waals surface area (Å²) in [5, 5.41) is 27.5. The van der Waals surface area contributed by atoms with E-state index in [0.29, 0.717) is 17.7 Å². The Morgan fingerprint density at radius 3 is 2.62 bits per heavy atom. The van der Waals surface area contributed by atoms with Crippen LogP contribution >= 0.6 is 0 Å². The van der Waals surface area contributed by atoms with Crippen molar-refractivity contribution in [3.63, 3.8) is 0 Å². The van der Waals surface area contributed by atoms with Crippen molar-refractivity contribution < 1.29 is 21.1 Å². The Kier molecular flexibility index (Phi) is 3.25. The Labute approximate surface area is 76.2 Å². The summed E-state index contributed by atoms with van der Waals surface area (Å²) >= 11 is 0. The molecule has 6 N–H and O–H groups in total. The first-order valence-electron chi connectivity index (χ1n) is 4.09. The molecule has 13 heavy (non-hydrogen) atoms. The van der Waals surface area contributed by atoms with Gasteiger partial charge in [-0.25, -0.2) is 0 Å². The minimum absolute atomic E-state index is 0.0440. The zero-order valence-electron chi connectivity index (χ0n) is 7.27. The lowest BCUT2D eigenvalue weighted by atomic mass is 10.1. The van der Waals surface area contributed by atoms with Crippen LogP contribution in [-0.2, 0) is 6.61 Å². The molecule has 1 rings (SSSR count). The molecule has 1 atom stereocenters. The van der Waals surface area contributed by atoms with Gasteiger partial charge in [0.25, 0.3) is 0 Å². The van der Waals surface area contributed by atoms with E-state index in [1.165, 1.54) is 6.07 Å². The van der Waals surface area contributed by atoms with E-state index in [-0.39, 0.29) is 12.4 Å². The third-order valence-electron chi connectivity index (χ3n) is 1.93. The first kappa shape index (κ1) is 9.98. The molecule has 0 fully saturated rings. The van der Waals surface area contributed by atoms with Gasteiger partial charge >= 0.3 is 0 Å². The SMILES string of the molecule is [NH3+]CC(O)c1ccc(O)c(CO)c1. The van der Waals surface area contributed by atoms with E-state index in [0.717, 1.165) is 0 Å². The zero-order valence-corrected chi connectivity index (χ0v) is 7.27. The van der Waals surface area contributed by atoms with Crippen LogP contribution in [0.2, 0.25) is 0 Å². The summed E-state index contributed by atoms with van der Waals surface area (Å²) < 4.78 is 0. The molecule has 0 heterocycles. The zero-order chi connectivity index (χ0) is 9.84. The van der Waals surface area contributed by atoms with Crippen LogP contribution in [0, 0.1) is 0 Å². The highest BCUT2D eigenvalue weighted by atomic mass is 16.3. The van der Waals surface area contributed by atoms with Gasteiger partial charge < -0.3 is 21.1 Å². The van der Waals surface area contributed by atoms with Crippen molar-refractivity contribution in [3.05, 3.63) is 29.3 Å². The van der Waals surface area contributed by atoms with E-state index >= 15 is 0 Å². The van der Waals surface area contributed by atoms with Crippen molar-refractivity contribution in [1.29, 1.82) is 0 Å². The van der Waals surface area contributed by atoms with Crippen molar-refractivity contribution >= 4 is 0 Å². The largest absolute Gasteiger partial charge is 0.508 e. The third-order valence-corrected chi connectivity index (χ3v) is 1.93. The number of aliphatic hydroxyl groups excluding tert-OH is 2. The van der Waals surface area contributed by atoms with Gasteiger partial charge in [0.15, 0.2) is 0 Å². The average Bonchev–Trinajstić information content (AvgIpc) is 2.17. The summed E-state index contributed by atoms with van der Waals surface area (Å²) in [6.45, 7) is 0.138. The number of hydrogen-bond acceptors (Lipinski definition) is 3. The maximum atomic E-state index is 9.41. The van der Waals surface area contributed by atoms with Gasteiger partial charge in [-0.2, -0.15) is 0 Å². The molecule has 0 aliphatic carbocycles. The molecule has 1 aromatic carbocycles. The van der Waals surface area contributed by atoms with E-state index < -0.39 is 6.10 Å². The van der Waals surface area contributed by atoms with E-state index in [1.54, 1.807) is 12.1 Å². The molecule has 1 unspecified atom stereocenters. The molecule has 0 amide bonds. The Balaban J connectivity index is 2.99. The Morgan fingerprint density at radius 2 is 2.08 bits per heavy atom. The van der Waals surface area contributed by atoms with Gasteiger partial charge in [-0.3, -0.25) is 0 Å². The van der Waals surface area contributed by atoms with Crippen molar-refractivity contribution in [1.82, 2.24) is 0 Å². The maximum absolute atomic E-state index is 9.41. The Bertz CT molecular complexity index is 288. The van der Waals surface area contributed by atoms with Crippen LogP contribution in [0.4, 0.5) is 0 Å². The second-order valence-corrected chi connectivity index (χ2v) is 2.85. The molecule has 0 bridgehead atoms. The van der Waals surface area contributed by atoms with Crippen LogP contribution in [0.15, 0.2) is 18.2 Å². The summed E-state index contributed by atoms with van der Waals surface area (Å²) in [4.78, 5) is 0. The summed E-state index contributed by atoms with van der Waals surface area (Å²) in [7, 11) is 0. The summed E-state index contributed by atoms with van der Waals surface area (Å²) in [6, 6.07) is 4.65. The topological polar surface area (TPSA) is 88.3 Å². The van der Waals surface area contributed by atoms with Crippen molar-refractivity contribution in [2.24, 2.45) is 0 Å². The molecular formula is C9H14NO3+. The Hall–Kier alpha value is -1.10. The number of benzene rings is 1. The number of quaternary nitrogens is 1. The summed E-state index contributed by atoms with van der Waals surface area (Å²) in [5.74, 6) is 0.0440. The van der Waals surface area contributed by atoms with Gasteiger partial charge in [0.1, 0.15) is 18.4 Å². The first-order chi connectivity index (χ1) is 6.19. The number of aliphatic hydroxyl groups is 2. The van der Waals surface area contributed by atoms with Gasteiger partial charge in [0.2, 0.25) is 0 Å². The van der Waals surface area contributed by atoms with Crippen LogP contribution in [0.25, 0.3) is 0 Å². The number of aromatic hydroxyl groups is 1. The van der Waals surface area contributed by atoms with Crippen LogP contribution in [-0.4, -0.2) is 21.9 Å². The number of phenols is 1. The van der Waals surface area contributed by atoms with Crippen molar-refractivity contribution in [2.75, 3.05) is 6.54 Å². The third kappa shape index (κ3) is 2.18. The van der Waals surface area contributed by atoms with Crippen molar-refractivity contribution in [2.45, 2.75) is 12.7 Å². The molecule has 0 saturated carbocycles. The van der Waals surface area contributed by atoms with E-state index in [9.17, 15) is 10.2 Å². The predicted molar refractivity (Wildman–Crippen MR) is 46.7 cm³/mol. The molecular weight excluding hydrogens is 170 g/mol. The van der Waals surface area contributed by atoms with Crippen LogP contribution in [0.3, 0.4) is 0 Å². The second kappa shape index (κ2) is 4.23. The molecule has 0 radical (unpaired) electrons. The first-order valence-corrected chi connectivity index (χ1v) is 4.09. The lowest BCUT2D eigenvalue weighted by Gasteiger charge is -2.08. The smallest absolute Gasteiger partial charge is 0.128 e. The van der Waals surface area contributed by atoms with Gasteiger partial charge in [-0.1, -0.05) is 6.07 Å². The van der Waals surface area contributed by atoms with Crippen LogP contribution in [0.5, 0.6) is 5.75 Å². The molecule has 0 aromatic heterocycles. The fraction of sp³-hybridized carbons (Fsp3) is 0.333. The van der Waals surface area contributed by atoms with Gasteiger partial charge in [-0.05, 0) is 17.7 Å². The van der Waals surface area contributed by atoms with E-state index in [1.807, 2.05) is 0 Å². The quantitative estimate of drug-likeness (QED) is 0.494. The van der Waals surface area contributed by atoms with Crippen LogP contribution < -0.4 is 5.73 Å². The standard InChI is InChI=1S/C9H13NO3/c10-4-9(13)6-1-2-8(12)7(3-6)5-11/h1-3,9,11-13H,4-5,10H2/p+1. The Morgan fingerprint density at radius 1 is 1.38 bits per heavy atom. The monoisotopic (exact) mass is 184 g/mol. The highest BCUT2D eigenvalue weighted by Crippen LogP contribution is 2.21. The lowest BCUT2D eigenvalue weighted by molar-refractivity contribution is -0.385. The average molecular weight is 184 g/mol. The maximum Gasteiger partial charge on any atom is 0.128 e. The van der Waals surface area contributed by atoms with Gasteiger partial charge in [0, 0.05) is 5.56 Å². The normalized spacial score (nSPS) is 12.8. The van der Waals surface area contributed by atoms with Crippen molar-refractivity contribution in [3.8, 4) is 5.75 Å². The number of rotatable bonds is 3. The molecule has 1 aromatic rings. The minimum Gasteiger partial charge on any atom is -0.508 e. The van der Waals surface area contributed by atoms with Gasteiger partial charge in [0.05, 0.1) is 6.61 Å². The lowest BCUT2D eigenvalue weighted by Crippen LogP contribution is -2.52. The summed E-state index contributed by atoms with van der Waals surface area (Å²) in [6.07, 6.45) is -0.633. The van der Waals surface area contributed by atoms with Crippen LogP contribution in [0.1, 0.15) is 17.2 Å². The minimum atomic E-state index is -0.633. The van der Waals surface area contributed by atoms with E-state index in [2.05, 4.69) is 5.73 Å². The number of hydrogen-bond donors (Lipinski definition) is 4. The fourth-order valence-electron chi connectivity index (χ4n) is 1.11. The molecule has 0 aliphatic rings. The molecule has 0 spiro atoms. The molecule has 0 saturated heterocycles. The fourth-order valence-corrected chi connectivity index (χ4v) is 1.11. The molecule has 0 aliphatic heterocycles. The molecule has 72 valence electrons. The van der Waals surface area contributed by atoms with E-state index in [4.69, 9.17) is 5.11 Å².